The number of hydrogen-bond acceptors (Lipinski definition) is 4. The summed E-state index contributed by atoms with van der Waals surface area (Å²) < 4.78 is 0. The Hall–Kier alpha value is -2.57. The van der Waals surface area contributed by atoms with E-state index in [1.54, 1.807) is 24.3 Å². The van der Waals surface area contributed by atoms with Gasteiger partial charge in [-0.15, -0.1) is 0 Å². The van der Waals surface area contributed by atoms with Gasteiger partial charge in [-0.05, 0) is 12.1 Å². The molecule has 0 fully saturated rings. The van der Waals surface area contributed by atoms with E-state index < -0.39 is 17.8 Å². The van der Waals surface area contributed by atoms with Gasteiger partial charge in [0.15, 0.2) is 0 Å². The molecule has 0 aliphatic carbocycles. The lowest BCUT2D eigenvalue weighted by atomic mass is 10.1. The number of primary amides is 1. The molecule has 0 heterocycles. The molecule has 0 unspecified atom stereocenters. The van der Waals surface area contributed by atoms with Crippen LogP contribution in [0.1, 0.15) is 10.4 Å². The predicted molar refractivity (Wildman–Crippen MR) is 66.0 cm³/mol. The van der Waals surface area contributed by atoms with Crippen LogP contribution >= 0.6 is 0 Å². The molecule has 1 aromatic rings. The smallest absolute Gasteiger partial charge is 0.321 e. The normalized spacial score (nSPS) is 9.39. The van der Waals surface area contributed by atoms with E-state index in [4.69, 9.17) is 5.73 Å². The fraction of sp³-hybridized carbons (Fsp3) is 0.182. The molecule has 7 heteroatoms. The van der Waals surface area contributed by atoms with Gasteiger partial charge in [0, 0.05) is 12.7 Å². The number of carbonyl (C=O) groups excluding carboxylic acids is 3. The van der Waals surface area contributed by atoms with Crippen molar-refractivity contribution < 1.29 is 14.4 Å². The molecule has 0 saturated heterocycles. The molecule has 0 bridgehead atoms. The number of amides is 4. The van der Waals surface area contributed by atoms with Crippen LogP contribution in [0.2, 0.25) is 0 Å². The van der Waals surface area contributed by atoms with Crippen molar-refractivity contribution in [1.82, 2.24) is 10.6 Å². The van der Waals surface area contributed by atoms with E-state index in [0.717, 1.165) is 0 Å². The highest BCUT2D eigenvalue weighted by Gasteiger charge is 2.09. The van der Waals surface area contributed by atoms with Crippen molar-refractivity contribution in [3.8, 4) is 0 Å². The topological polar surface area (TPSA) is 113 Å². The Bertz CT molecular complexity index is 473. The summed E-state index contributed by atoms with van der Waals surface area (Å²) >= 11 is 0. The molecule has 0 atom stereocenters. The molecule has 0 spiro atoms. The molecule has 1 aromatic carbocycles. The minimum absolute atomic E-state index is 0.141. The third-order valence-corrected chi connectivity index (χ3v) is 2.11. The zero-order chi connectivity index (χ0) is 13.5. The van der Waals surface area contributed by atoms with E-state index >= 15 is 0 Å². The summed E-state index contributed by atoms with van der Waals surface area (Å²) in [7, 11) is 1.40. The van der Waals surface area contributed by atoms with Crippen LogP contribution < -0.4 is 21.7 Å². The summed E-state index contributed by atoms with van der Waals surface area (Å²) in [6, 6.07) is 5.93. The maximum atomic E-state index is 11.3. The van der Waals surface area contributed by atoms with Crippen LogP contribution in [-0.4, -0.2) is 31.4 Å². The molecule has 0 radical (unpaired) electrons. The van der Waals surface area contributed by atoms with Crippen LogP contribution in [0.3, 0.4) is 0 Å². The average molecular weight is 250 g/mol. The van der Waals surface area contributed by atoms with Gasteiger partial charge in [-0.1, -0.05) is 12.1 Å². The van der Waals surface area contributed by atoms with Crippen molar-refractivity contribution in [1.29, 1.82) is 0 Å². The number of urea groups is 1. The first kappa shape index (κ1) is 13.5. The van der Waals surface area contributed by atoms with E-state index in [0.29, 0.717) is 5.69 Å². The number of carbonyl (C=O) groups is 3. The zero-order valence-electron chi connectivity index (χ0n) is 9.82. The van der Waals surface area contributed by atoms with E-state index in [2.05, 4.69) is 16.0 Å². The second-order valence-electron chi connectivity index (χ2n) is 3.39. The molecule has 0 aliphatic rings. The van der Waals surface area contributed by atoms with Crippen LogP contribution in [0.5, 0.6) is 0 Å². The van der Waals surface area contributed by atoms with Gasteiger partial charge in [-0.25, -0.2) is 4.79 Å². The maximum Gasteiger partial charge on any atom is 0.321 e. The summed E-state index contributed by atoms with van der Waals surface area (Å²) in [5.74, 6) is -1.11. The van der Waals surface area contributed by atoms with Gasteiger partial charge in [-0.3, -0.25) is 14.9 Å². The molecule has 1 rings (SSSR count). The second-order valence-corrected chi connectivity index (χ2v) is 3.39. The number of nitrogens with one attached hydrogen (secondary N) is 3. The molecule has 0 aromatic heterocycles. The van der Waals surface area contributed by atoms with Crippen LogP contribution in [0.15, 0.2) is 24.3 Å². The lowest BCUT2D eigenvalue weighted by Crippen LogP contribution is -2.40. The van der Waals surface area contributed by atoms with Crippen molar-refractivity contribution in [3.63, 3.8) is 0 Å². The van der Waals surface area contributed by atoms with Gasteiger partial charge in [0.2, 0.25) is 5.91 Å². The monoisotopic (exact) mass is 250 g/mol. The first-order valence-corrected chi connectivity index (χ1v) is 5.19. The van der Waals surface area contributed by atoms with E-state index in [9.17, 15) is 14.4 Å². The fourth-order valence-electron chi connectivity index (χ4n) is 1.26. The van der Waals surface area contributed by atoms with E-state index in [-0.39, 0.29) is 12.1 Å². The van der Waals surface area contributed by atoms with Crippen molar-refractivity contribution in [2.24, 2.45) is 5.73 Å². The minimum Gasteiger partial charge on any atom is -0.375 e. The van der Waals surface area contributed by atoms with Gasteiger partial charge < -0.3 is 16.4 Å². The summed E-state index contributed by atoms with van der Waals surface area (Å²) in [6.07, 6.45) is 0. The third-order valence-electron chi connectivity index (χ3n) is 2.11. The molecule has 7 nitrogen and oxygen atoms in total. The van der Waals surface area contributed by atoms with Crippen LogP contribution in [-0.2, 0) is 4.79 Å². The highest BCUT2D eigenvalue weighted by Crippen LogP contribution is 2.13. The quantitative estimate of drug-likeness (QED) is 0.585. The molecule has 18 heavy (non-hydrogen) atoms. The Morgan fingerprint density at radius 2 is 1.89 bits per heavy atom. The SMILES string of the molecule is CNC(=O)NC(=O)CNc1ccccc1C(N)=O. The first-order chi connectivity index (χ1) is 8.54. The second kappa shape index (κ2) is 6.24. The number of hydrogen-bond donors (Lipinski definition) is 4. The predicted octanol–water partition coefficient (Wildman–Crippen LogP) is -0.347. The van der Waals surface area contributed by atoms with Crippen molar-refractivity contribution >= 4 is 23.5 Å². The first-order valence-electron chi connectivity index (χ1n) is 5.19. The molecule has 0 saturated carbocycles. The van der Waals surface area contributed by atoms with Gasteiger partial charge >= 0.3 is 6.03 Å². The summed E-state index contributed by atoms with van der Waals surface area (Å²) in [5, 5.41) is 7.06. The van der Waals surface area contributed by atoms with Crippen LogP contribution in [0.4, 0.5) is 10.5 Å². The Morgan fingerprint density at radius 3 is 2.50 bits per heavy atom. The fourth-order valence-corrected chi connectivity index (χ4v) is 1.26. The molecule has 4 amide bonds. The number of benzene rings is 1. The van der Waals surface area contributed by atoms with Gasteiger partial charge in [0.05, 0.1) is 12.1 Å². The average Bonchev–Trinajstić information content (AvgIpc) is 2.36. The zero-order valence-corrected chi connectivity index (χ0v) is 9.82. The Labute approximate surface area is 104 Å². The van der Waals surface area contributed by atoms with Crippen molar-refractivity contribution in [2.75, 3.05) is 18.9 Å². The largest absolute Gasteiger partial charge is 0.375 e. The number of rotatable bonds is 4. The lowest BCUT2D eigenvalue weighted by Gasteiger charge is -2.09. The minimum atomic E-state index is -0.593. The van der Waals surface area contributed by atoms with Crippen molar-refractivity contribution in [2.45, 2.75) is 0 Å². The third kappa shape index (κ3) is 3.78. The molecular weight excluding hydrogens is 236 g/mol. The van der Waals surface area contributed by atoms with Gasteiger partial charge in [-0.2, -0.15) is 0 Å². The number of nitrogens with two attached hydrogens (primary N) is 1. The summed E-state index contributed by atoms with van der Waals surface area (Å²) in [6.45, 7) is -0.141. The molecule has 0 aliphatic heterocycles. The van der Waals surface area contributed by atoms with Crippen LogP contribution in [0, 0.1) is 0 Å². The Kier molecular flexibility index (Phi) is 4.67. The van der Waals surface area contributed by atoms with E-state index in [1.165, 1.54) is 7.05 Å². The van der Waals surface area contributed by atoms with Gasteiger partial charge in [0.1, 0.15) is 0 Å². The van der Waals surface area contributed by atoms with Crippen molar-refractivity contribution in [3.05, 3.63) is 29.8 Å². The summed E-state index contributed by atoms with van der Waals surface area (Å²) in [5.41, 5.74) is 5.90. The lowest BCUT2D eigenvalue weighted by molar-refractivity contribution is -0.118. The summed E-state index contributed by atoms with van der Waals surface area (Å²) in [4.78, 5) is 33.3. The number of anilines is 1. The Balaban J connectivity index is 2.61. The van der Waals surface area contributed by atoms with Crippen LogP contribution in [0.25, 0.3) is 0 Å². The molecule has 5 N–H and O–H groups in total. The van der Waals surface area contributed by atoms with Gasteiger partial charge in [0.25, 0.3) is 5.91 Å². The highest BCUT2D eigenvalue weighted by molar-refractivity contribution is 6.00. The Morgan fingerprint density at radius 1 is 1.22 bits per heavy atom. The number of imide groups is 1. The molecular formula is C11H14N4O3. The highest BCUT2D eigenvalue weighted by atomic mass is 16.2. The molecule has 96 valence electrons. The number of para-hydroxylation sites is 1. The van der Waals surface area contributed by atoms with E-state index in [1.807, 2.05) is 0 Å². The standard InChI is InChI=1S/C11H14N4O3/c1-13-11(18)15-9(16)6-14-8-5-3-2-4-7(8)10(12)17/h2-5,14H,6H2,1H3,(H2,12,17)(H2,13,15,16,18). The maximum absolute atomic E-state index is 11.3.